The number of para-hydroxylation sites is 2. The molecule has 0 radical (unpaired) electrons. The fraction of sp³-hybridized carbons (Fsp3) is 0.0833. The van der Waals surface area contributed by atoms with Crippen molar-refractivity contribution in [2.24, 2.45) is 0 Å². The van der Waals surface area contributed by atoms with E-state index in [0.717, 1.165) is 44.6 Å². The van der Waals surface area contributed by atoms with Gasteiger partial charge in [-0.15, -0.1) is 0 Å². The van der Waals surface area contributed by atoms with Crippen molar-refractivity contribution in [2.45, 2.75) is 38.5 Å². The molecule has 3 heteroatoms. The second kappa shape index (κ2) is 17.2. The number of benzene rings is 11. The first-order valence-corrected chi connectivity index (χ1v) is 26.1. The van der Waals surface area contributed by atoms with Crippen molar-refractivity contribution >= 4 is 56.1 Å². The van der Waals surface area contributed by atoms with Gasteiger partial charge in [0, 0.05) is 33.0 Å². The van der Waals surface area contributed by atoms with Crippen molar-refractivity contribution in [1.82, 2.24) is 0 Å². The lowest BCUT2D eigenvalue weighted by Crippen LogP contribution is -2.38. The average molecular weight is 963 g/mol. The Morgan fingerprint density at radius 1 is 0.320 bits per heavy atom. The van der Waals surface area contributed by atoms with E-state index in [4.69, 9.17) is 4.42 Å². The maximum Gasteiger partial charge on any atom is 0.159 e. The second-order valence-corrected chi connectivity index (χ2v) is 21.3. The highest BCUT2D eigenvalue weighted by molar-refractivity contribution is 6.10. The van der Waals surface area contributed by atoms with Crippen LogP contribution in [0.1, 0.15) is 49.9 Å². The van der Waals surface area contributed by atoms with Crippen molar-refractivity contribution in [1.29, 1.82) is 0 Å². The van der Waals surface area contributed by atoms with Gasteiger partial charge in [0.2, 0.25) is 0 Å². The molecule has 12 aromatic rings. The second-order valence-electron chi connectivity index (χ2n) is 21.3. The first kappa shape index (κ1) is 44.5. The molecule has 0 unspecified atom stereocenters. The third kappa shape index (κ3) is 7.25. The van der Waals surface area contributed by atoms with Crippen LogP contribution in [-0.4, -0.2) is 0 Å². The SMILES string of the molecule is CC1(C)c2cc(-c3ccccc3)ccc2N2c3ccc(-c4ccccc4)cc3C(C)(C)c3cc(-c4ccc(-c5ccc(N(c6ccc(-c7ccccc7)cc6)c6cccc7c6oc6ccccc67)cc5)cc4)cc1c32. The average Bonchev–Trinajstić information content (AvgIpc) is 3.87. The molecule has 0 N–H and O–H groups in total. The van der Waals surface area contributed by atoms with Gasteiger partial charge in [-0.3, -0.25) is 0 Å². The highest BCUT2D eigenvalue weighted by Gasteiger charge is 2.46. The number of hydrogen-bond acceptors (Lipinski definition) is 3. The molecule has 75 heavy (non-hydrogen) atoms. The molecule has 0 aliphatic carbocycles. The Hall–Kier alpha value is -9.18. The van der Waals surface area contributed by atoms with E-state index in [-0.39, 0.29) is 10.8 Å². The normalized spacial score (nSPS) is 13.8. The Morgan fingerprint density at radius 2 is 0.693 bits per heavy atom. The maximum atomic E-state index is 6.65. The lowest BCUT2D eigenvalue weighted by Gasteiger charge is -2.50. The molecule has 0 saturated heterocycles. The summed E-state index contributed by atoms with van der Waals surface area (Å²) in [6, 6.07) is 93.1. The number of hydrogen-bond donors (Lipinski definition) is 0. The minimum absolute atomic E-state index is 0.288. The van der Waals surface area contributed by atoms with E-state index < -0.39 is 0 Å². The topological polar surface area (TPSA) is 19.6 Å². The first-order chi connectivity index (χ1) is 36.7. The number of anilines is 6. The fourth-order valence-electron chi connectivity index (χ4n) is 12.2. The van der Waals surface area contributed by atoms with E-state index in [0.29, 0.717) is 0 Å². The lowest BCUT2D eigenvalue weighted by atomic mass is 9.65. The summed E-state index contributed by atoms with van der Waals surface area (Å²) in [6.07, 6.45) is 0. The van der Waals surface area contributed by atoms with Crippen LogP contribution >= 0.6 is 0 Å². The molecule has 0 bridgehead atoms. The first-order valence-electron chi connectivity index (χ1n) is 26.1. The molecule has 0 saturated carbocycles. The molecule has 11 aromatic carbocycles. The Bertz CT molecular complexity index is 4010. The van der Waals surface area contributed by atoms with E-state index in [1.54, 1.807) is 0 Å². The van der Waals surface area contributed by atoms with Crippen LogP contribution in [-0.2, 0) is 10.8 Å². The van der Waals surface area contributed by atoms with Crippen molar-refractivity contribution in [3.05, 3.63) is 277 Å². The summed E-state index contributed by atoms with van der Waals surface area (Å²) >= 11 is 0. The van der Waals surface area contributed by atoms with Gasteiger partial charge in [0.1, 0.15) is 5.58 Å². The molecule has 0 spiro atoms. The van der Waals surface area contributed by atoms with E-state index >= 15 is 0 Å². The van der Waals surface area contributed by atoms with Crippen LogP contribution in [0.25, 0.3) is 77.6 Å². The van der Waals surface area contributed by atoms with E-state index in [1.165, 1.54) is 89.4 Å². The van der Waals surface area contributed by atoms with E-state index in [2.05, 4.69) is 286 Å². The minimum Gasteiger partial charge on any atom is -0.454 e. The van der Waals surface area contributed by atoms with Crippen LogP contribution in [0.4, 0.5) is 34.1 Å². The molecule has 1 aromatic heterocycles. The van der Waals surface area contributed by atoms with Gasteiger partial charge in [0.25, 0.3) is 0 Å². The summed E-state index contributed by atoms with van der Waals surface area (Å²) in [5, 5.41) is 2.21. The summed E-state index contributed by atoms with van der Waals surface area (Å²) in [5.74, 6) is 0. The summed E-state index contributed by atoms with van der Waals surface area (Å²) in [7, 11) is 0. The summed E-state index contributed by atoms with van der Waals surface area (Å²) < 4.78 is 6.65. The highest BCUT2D eigenvalue weighted by atomic mass is 16.3. The largest absolute Gasteiger partial charge is 0.454 e. The molecular weight excluding hydrogens is 909 g/mol. The van der Waals surface area contributed by atoms with Gasteiger partial charge >= 0.3 is 0 Å². The van der Waals surface area contributed by atoms with Crippen LogP contribution in [0.5, 0.6) is 0 Å². The van der Waals surface area contributed by atoms with Crippen molar-refractivity contribution in [2.75, 3.05) is 9.80 Å². The third-order valence-electron chi connectivity index (χ3n) is 16.3. The minimum atomic E-state index is -0.288. The zero-order chi connectivity index (χ0) is 50.4. The molecular formula is C72H54N2O. The third-order valence-corrected chi connectivity index (χ3v) is 16.3. The van der Waals surface area contributed by atoms with Crippen molar-refractivity contribution < 1.29 is 4.42 Å². The monoisotopic (exact) mass is 962 g/mol. The van der Waals surface area contributed by atoms with Crippen molar-refractivity contribution in [3.8, 4) is 55.6 Å². The van der Waals surface area contributed by atoms with Crippen LogP contribution < -0.4 is 9.80 Å². The number of fused-ring (bicyclic) bond motifs is 7. The molecule has 2 aliphatic heterocycles. The van der Waals surface area contributed by atoms with Gasteiger partial charge in [-0.2, -0.15) is 0 Å². The quantitative estimate of drug-likeness (QED) is 0.151. The summed E-state index contributed by atoms with van der Waals surface area (Å²) in [4.78, 5) is 4.89. The Balaban J connectivity index is 0.854. The molecule has 0 amide bonds. The molecule has 14 rings (SSSR count). The Kier molecular flexibility index (Phi) is 10.2. The summed E-state index contributed by atoms with van der Waals surface area (Å²) in [6.45, 7) is 9.68. The van der Waals surface area contributed by atoms with Gasteiger partial charge in [-0.1, -0.05) is 210 Å². The number of furan rings is 1. The Labute approximate surface area is 439 Å². The lowest BCUT2D eigenvalue weighted by molar-refractivity contribution is 0.598. The van der Waals surface area contributed by atoms with Crippen LogP contribution in [0.3, 0.4) is 0 Å². The molecule has 3 nitrogen and oxygen atoms in total. The molecule has 358 valence electrons. The zero-order valence-corrected chi connectivity index (χ0v) is 42.6. The predicted molar refractivity (Wildman–Crippen MR) is 315 cm³/mol. The number of rotatable bonds is 8. The Morgan fingerprint density at radius 3 is 1.19 bits per heavy atom. The standard InChI is InChI=1S/C72H54N2O/c1-71(2)61-43-54(48-19-10-6-11-20-48)35-41-65(61)74-66-42-36-55(49-21-12-7-13-22-49)44-62(66)72(3,4)64-46-56(45-63(71)69(64)74)53-29-27-50(28-30-53)52-33-39-58(40-34-52)73(57-37-31-51(32-38-57)47-17-8-5-9-18-47)67-25-16-24-60-59-23-14-15-26-68(59)75-70(60)67/h5-46H,1-4H3. The molecule has 3 heterocycles. The van der Waals surface area contributed by atoms with Gasteiger partial charge in [0.05, 0.1) is 22.7 Å². The van der Waals surface area contributed by atoms with Gasteiger partial charge < -0.3 is 14.2 Å². The van der Waals surface area contributed by atoms with Gasteiger partial charge in [0.15, 0.2) is 5.58 Å². The maximum absolute atomic E-state index is 6.65. The predicted octanol–water partition coefficient (Wildman–Crippen LogP) is 20.1. The molecule has 0 fully saturated rings. The fourth-order valence-corrected chi connectivity index (χ4v) is 12.2. The van der Waals surface area contributed by atoms with Crippen LogP contribution in [0.15, 0.2) is 259 Å². The highest BCUT2D eigenvalue weighted by Crippen LogP contribution is 2.61. The van der Waals surface area contributed by atoms with E-state index in [9.17, 15) is 0 Å². The van der Waals surface area contributed by atoms with Crippen LogP contribution in [0.2, 0.25) is 0 Å². The molecule has 0 atom stereocenters. The number of nitrogens with zero attached hydrogens (tertiary/aromatic N) is 2. The van der Waals surface area contributed by atoms with Gasteiger partial charge in [-0.25, -0.2) is 0 Å². The van der Waals surface area contributed by atoms with Crippen molar-refractivity contribution in [3.63, 3.8) is 0 Å². The smallest absolute Gasteiger partial charge is 0.159 e. The van der Waals surface area contributed by atoms with E-state index in [1.807, 2.05) is 6.07 Å². The molecule has 2 aliphatic rings. The van der Waals surface area contributed by atoms with Crippen LogP contribution in [0, 0.1) is 0 Å². The summed E-state index contributed by atoms with van der Waals surface area (Å²) in [5.41, 5.74) is 25.4. The van der Waals surface area contributed by atoms with Gasteiger partial charge in [-0.05, 0) is 151 Å². The zero-order valence-electron chi connectivity index (χ0n) is 42.6.